The number of aliphatic hydroxyl groups excluding tert-OH is 1. The summed E-state index contributed by atoms with van der Waals surface area (Å²) in [6, 6.07) is 15.4. The van der Waals surface area contributed by atoms with Crippen LogP contribution < -0.4 is 0 Å². The van der Waals surface area contributed by atoms with E-state index in [0.29, 0.717) is 12.2 Å². The lowest BCUT2D eigenvalue weighted by molar-refractivity contribution is -0.0361. The third-order valence-electron chi connectivity index (χ3n) is 2.97. The van der Waals surface area contributed by atoms with Gasteiger partial charge in [0, 0.05) is 6.61 Å². The zero-order valence-electron chi connectivity index (χ0n) is 10.8. The van der Waals surface area contributed by atoms with Crippen molar-refractivity contribution in [3.05, 3.63) is 71.5 Å². The molecule has 0 amide bonds. The lowest BCUT2D eigenvalue weighted by Crippen LogP contribution is -2.14. The average Bonchev–Trinajstić information content (AvgIpc) is 2.46. The SMILES string of the molecule is CCOC(c1ccccc1)C(O)c1ccc(F)cc1. The molecule has 100 valence electrons. The minimum absolute atomic E-state index is 0.316. The van der Waals surface area contributed by atoms with Crippen molar-refractivity contribution in [2.75, 3.05) is 6.61 Å². The molecule has 0 fully saturated rings. The van der Waals surface area contributed by atoms with Crippen molar-refractivity contribution >= 4 is 0 Å². The minimum Gasteiger partial charge on any atom is -0.385 e. The van der Waals surface area contributed by atoms with Gasteiger partial charge in [0.15, 0.2) is 0 Å². The maximum absolute atomic E-state index is 12.9. The first-order valence-corrected chi connectivity index (χ1v) is 6.32. The molecular weight excluding hydrogens is 243 g/mol. The van der Waals surface area contributed by atoms with Crippen LogP contribution in [0.15, 0.2) is 54.6 Å². The number of aliphatic hydroxyl groups is 1. The van der Waals surface area contributed by atoms with E-state index in [2.05, 4.69) is 0 Å². The summed E-state index contributed by atoms with van der Waals surface area (Å²) >= 11 is 0. The largest absolute Gasteiger partial charge is 0.385 e. The Hall–Kier alpha value is -1.71. The molecule has 2 atom stereocenters. The molecule has 2 aromatic carbocycles. The van der Waals surface area contributed by atoms with Gasteiger partial charge in [0.05, 0.1) is 0 Å². The van der Waals surface area contributed by atoms with Crippen LogP contribution in [0, 0.1) is 5.82 Å². The lowest BCUT2D eigenvalue weighted by atomic mass is 9.98. The summed E-state index contributed by atoms with van der Waals surface area (Å²) < 4.78 is 18.5. The summed E-state index contributed by atoms with van der Waals surface area (Å²) in [7, 11) is 0. The molecule has 0 saturated heterocycles. The van der Waals surface area contributed by atoms with Crippen LogP contribution in [0.25, 0.3) is 0 Å². The Kier molecular flexibility index (Phi) is 4.66. The highest BCUT2D eigenvalue weighted by atomic mass is 19.1. The lowest BCUT2D eigenvalue weighted by Gasteiger charge is -2.23. The molecule has 0 spiro atoms. The Labute approximate surface area is 112 Å². The summed E-state index contributed by atoms with van der Waals surface area (Å²) in [4.78, 5) is 0. The van der Waals surface area contributed by atoms with Crippen LogP contribution in [0.2, 0.25) is 0 Å². The van der Waals surface area contributed by atoms with Gasteiger partial charge in [0.1, 0.15) is 18.0 Å². The van der Waals surface area contributed by atoms with Crippen molar-refractivity contribution in [3.63, 3.8) is 0 Å². The van der Waals surface area contributed by atoms with Gasteiger partial charge in [0.25, 0.3) is 0 Å². The highest BCUT2D eigenvalue weighted by molar-refractivity contribution is 5.25. The topological polar surface area (TPSA) is 29.5 Å². The van der Waals surface area contributed by atoms with Gasteiger partial charge in [-0.25, -0.2) is 4.39 Å². The van der Waals surface area contributed by atoms with Crippen LogP contribution in [0.3, 0.4) is 0 Å². The highest BCUT2D eigenvalue weighted by Crippen LogP contribution is 2.31. The van der Waals surface area contributed by atoms with E-state index in [-0.39, 0.29) is 5.82 Å². The fourth-order valence-electron chi connectivity index (χ4n) is 2.03. The number of rotatable bonds is 5. The van der Waals surface area contributed by atoms with E-state index in [0.717, 1.165) is 5.56 Å². The van der Waals surface area contributed by atoms with E-state index in [1.807, 2.05) is 37.3 Å². The second-order valence-corrected chi connectivity index (χ2v) is 4.28. The molecule has 2 unspecified atom stereocenters. The first-order chi connectivity index (χ1) is 9.22. The Balaban J connectivity index is 2.26. The Morgan fingerprint density at radius 1 is 1.00 bits per heavy atom. The van der Waals surface area contributed by atoms with Gasteiger partial charge < -0.3 is 9.84 Å². The van der Waals surface area contributed by atoms with E-state index in [9.17, 15) is 9.50 Å². The summed E-state index contributed by atoms with van der Waals surface area (Å²) in [5.74, 6) is -0.316. The first kappa shape index (κ1) is 13.7. The second kappa shape index (κ2) is 6.45. The Bertz CT molecular complexity index is 496. The zero-order valence-corrected chi connectivity index (χ0v) is 10.8. The Morgan fingerprint density at radius 3 is 2.21 bits per heavy atom. The predicted octanol–water partition coefficient (Wildman–Crippen LogP) is 3.64. The summed E-state index contributed by atoms with van der Waals surface area (Å²) in [6.45, 7) is 2.38. The van der Waals surface area contributed by atoms with Gasteiger partial charge >= 0.3 is 0 Å². The van der Waals surface area contributed by atoms with E-state index in [1.54, 1.807) is 12.1 Å². The monoisotopic (exact) mass is 260 g/mol. The molecule has 0 saturated carbocycles. The molecule has 2 nitrogen and oxygen atoms in total. The van der Waals surface area contributed by atoms with Crippen LogP contribution in [-0.2, 0) is 4.74 Å². The summed E-state index contributed by atoms with van der Waals surface area (Å²) in [6.07, 6.45) is -1.26. The van der Waals surface area contributed by atoms with Gasteiger partial charge in [-0.3, -0.25) is 0 Å². The van der Waals surface area contributed by atoms with Crippen molar-refractivity contribution in [1.82, 2.24) is 0 Å². The normalized spacial score (nSPS) is 14.1. The van der Waals surface area contributed by atoms with E-state index in [1.165, 1.54) is 12.1 Å². The summed E-state index contributed by atoms with van der Waals surface area (Å²) in [5.41, 5.74) is 1.55. The maximum atomic E-state index is 12.9. The third kappa shape index (κ3) is 3.40. The maximum Gasteiger partial charge on any atom is 0.123 e. The number of benzene rings is 2. The van der Waals surface area contributed by atoms with Crippen molar-refractivity contribution in [2.24, 2.45) is 0 Å². The molecule has 0 aliphatic carbocycles. The van der Waals surface area contributed by atoms with Crippen molar-refractivity contribution < 1.29 is 14.2 Å². The fraction of sp³-hybridized carbons (Fsp3) is 0.250. The van der Waals surface area contributed by atoms with Gasteiger partial charge in [-0.05, 0) is 30.2 Å². The van der Waals surface area contributed by atoms with Gasteiger partial charge in [-0.15, -0.1) is 0 Å². The smallest absolute Gasteiger partial charge is 0.123 e. The molecule has 0 aliphatic heterocycles. The van der Waals surface area contributed by atoms with Crippen LogP contribution in [0.1, 0.15) is 30.3 Å². The standard InChI is InChI=1S/C16H17FO2/c1-2-19-16(13-6-4-3-5-7-13)15(18)12-8-10-14(17)11-9-12/h3-11,15-16,18H,2H2,1H3. The van der Waals surface area contributed by atoms with Gasteiger partial charge in [-0.1, -0.05) is 42.5 Å². The quantitative estimate of drug-likeness (QED) is 0.889. The highest BCUT2D eigenvalue weighted by Gasteiger charge is 2.22. The van der Waals surface area contributed by atoms with Crippen LogP contribution in [0.4, 0.5) is 4.39 Å². The van der Waals surface area contributed by atoms with E-state index >= 15 is 0 Å². The molecule has 0 aromatic heterocycles. The number of halogens is 1. The molecule has 3 heteroatoms. The number of hydrogen-bond donors (Lipinski definition) is 1. The summed E-state index contributed by atoms with van der Waals surface area (Å²) in [5, 5.41) is 10.4. The second-order valence-electron chi connectivity index (χ2n) is 4.28. The van der Waals surface area contributed by atoms with Crippen LogP contribution >= 0.6 is 0 Å². The molecule has 19 heavy (non-hydrogen) atoms. The Morgan fingerprint density at radius 2 is 1.63 bits per heavy atom. The van der Waals surface area contributed by atoms with Crippen molar-refractivity contribution in [3.8, 4) is 0 Å². The molecular formula is C16H17FO2. The van der Waals surface area contributed by atoms with E-state index < -0.39 is 12.2 Å². The number of hydrogen-bond acceptors (Lipinski definition) is 2. The third-order valence-corrected chi connectivity index (χ3v) is 2.97. The fourth-order valence-corrected chi connectivity index (χ4v) is 2.03. The molecule has 2 rings (SSSR count). The first-order valence-electron chi connectivity index (χ1n) is 6.32. The molecule has 0 aliphatic rings. The van der Waals surface area contributed by atoms with Gasteiger partial charge in [0.2, 0.25) is 0 Å². The molecule has 2 aromatic rings. The predicted molar refractivity (Wildman–Crippen MR) is 72.2 cm³/mol. The molecule has 0 heterocycles. The van der Waals surface area contributed by atoms with E-state index in [4.69, 9.17) is 4.74 Å². The molecule has 1 N–H and O–H groups in total. The number of ether oxygens (including phenoxy) is 1. The van der Waals surface area contributed by atoms with Crippen LogP contribution in [0.5, 0.6) is 0 Å². The van der Waals surface area contributed by atoms with Gasteiger partial charge in [-0.2, -0.15) is 0 Å². The van der Waals surface area contributed by atoms with Crippen molar-refractivity contribution in [1.29, 1.82) is 0 Å². The minimum atomic E-state index is -0.817. The van der Waals surface area contributed by atoms with Crippen LogP contribution in [-0.4, -0.2) is 11.7 Å². The zero-order chi connectivity index (χ0) is 13.7. The molecule has 0 bridgehead atoms. The van der Waals surface area contributed by atoms with Crippen molar-refractivity contribution in [2.45, 2.75) is 19.1 Å². The molecule has 0 radical (unpaired) electrons. The average molecular weight is 260 g/mol.